The van der Waals surface area contributed by atoms with Crippen molar-refractivity contribution in [3.05, 3.63) is 28.8 Å². The van der Waals surface area contributed by atoms with Crippen LogP contribution in [0.3, 0.4) is 0 Å². The molecule has 1 aromatic carbocycles. The zero-order valence-electron chi connectivity index (χ0n) is 11.4. The fraction of sp³-hybridized carbons (Fsp3) is 0.500. The van der Waals surface area contributed by atoms with Crippen molar-refractivity contribution in [1.82, 2.24) is 4.90 Å². The number of anilines is 1. The van der Waals surface area contributed by atoms with Gasteiger partial charge in [-0.05, 0) is 31.5 Å². The number of hydrogen-bond acceptors (Lipinski definition) is 3. The summed E-state index contributed by atoms with van der Waals surface area (Å²) in [6.45, 7) is 7.30. The van der Waals surface area contributed by atoms with Gasteiger partial charge in [-0.3, -0.25) is 0 Å². The molecule has 1 amide bonds. The highest BCUT2D eigenvalue weighted by atomic mass is 35.5. The summed E-state index contributed by atoms with van der Waals surface area (Å²) in [5, 5.41) is 0.744. The minimum Gasteiger partial charge on any atom is -0.450 e. The molecule has 0 aliphatic carbocycles. The highest BCUT2D eigenvalue weighted by molar-refractivity contribution is 6.30. The molecule has 19 heavy (non-hydrogen) atoms. The third-order valence-electron chi connectivity index (χ3n) is 3.32. The highest BCUT2D eigenvalue weighted by Gasteiger charge is 2.22. The molecule has 0 radical (unpaired) electrons. The van der Waals surface area contributed by atoms with E-state index in [0.29, 0.717) is 19.7 Å². The molecule has 0 atom stereocenters. The fourth-order valence-electron chi connectivity index (χ4n) is 2.27. The number of rotatable bonds is 2. The van der Waals surface area contributed by atoms with E-state index in [-0.39, 0.29) is 6.09 Å². The molecular formula is C14H19ClN2O2. The van der Waals surface area contributed by atoms with Gasteiger partial charge in [0.15, 0.2) is 0 Å². The molecule has 2 rings (SSSR count). The first-order valence-electron chi connectivity index (χ1n) is 6.54. The molecule has 1 saturated heterocycles. The van der Waals surface area contributed by atoms with Gasteiger partial charge in [-0.15, -0.1) is 0 Å². The first-order chi connectivity index (χ1) is 9.11. The summed E-state index contributed by atoms with van der Waals surface area (Å²) in [7, 11) is 0. The van der Waals surface area contributed by atoms with E-state index in [1.54, 1.807) is 4.90 Å². The lowest BCUT2D eigenvalue weighted by Crippen LogP contribution is -2.49. The molecule has 0 saturated carbocycles. The Bertz CT molecular complexity index is 457. The van der Waals surface area contributed by atoms with Crippen LogP contribution < -0.4 is 4.90 Å². The quantitative estimate of drug-likeness (QED) is 0.836. The van der Waals surface area contributed by atoms with E-state index in [2.05, 4.69) is 11.8 Å². The van der Waals surface area contributed by atoms with E-state index in [4.69, 9.17) is 16.3 Å². The maximum absolute atomic E-state index is 11.6. The van der Waals surface area contributed by atoms with Gasteiger partial charge in [0.2, 0.25) is 0 Å². The fourth-order valence-corrected chi connectivity index (χ4v) is 2.43. The minimum absolute atomic E-state index is 0.218. The molecule has 1 heterocycles. The number of hydrogen-bond donors (Lipinski definition) is 0. The van der Waals surface area contributed by atoms with Crippen molar-refractivity contribution in [3.63, 3.8) is 0 Å². The van der Waals surface area contributed by atoms with Crippen LogP contribution in [0.2, 0.25) is 5.02 Å². The summed E-state index contributed by atoms with van der Waals surface area (Å²) in [5.74, 6) is 0. The lowest BCUT2D eigenvalue weighted by Gasteiger charge is -2.36. The molecule has 0 bridgehead atoms. The van der Waals surface area contributed by atoms with Gasteiger partial charge < -0.3 is 14.5 Å². The normalized spacial score (nSPS) is 15.5. The second-order valence-electron chi connectivity index (χ2n) is 4.60. The molecule has 5 heteroatoms. The van der Waals surface area contributed by atoms with Gasteiger partial charge in [0.1, 0.15) is 0 Å². The van der Waals surface area contributed by atoms with Crippen molar-refractivity contribution >= 4 is 23.4 Å². The maximum atomic E-state index is 11.6. The number of carbonyl (C=O) groups is 1. The first-order valence-corrected chi connectivity index (χ1v) is 6.92. The molecule has 0 unspecified atom stereocenters. The highest BCUT2D eigenvalue weighted by Crippen LogP contribution is 2.25. The number of nitrogens with zero attached hydrogens (tertiary/aromatic N) is 2. The van der Waals surface area contributed by atoms with Crippen LogP contribution in [-0.4, -0.2) is 43.8 Å². The molecule has 0 N–H and O–H groups in total. The van der Waals surface area contributed by atoms with E-state index in [0.717, 1.165) is 23.8 Å². The molecular weight excluding hydrogens is 264 g/mol. The molecule has 0 spiro atoms. The van der Waals surface area contributed by atoms with Crippen molar-refractivity contribution in [2.75, 3.05) is 37.7 Å². The monoisotopic (exact) mass is 282 g/mol. The number of benzene rings is 1. The summed E-state index contributed by atoms with van der Waals surface area (Å²) in [6.07, 6.45) is -0.218. The molecule has 1 aliphatic heterocycles. The largest absolute Gasteiger partial charge is 0.450 e. The predicted octanol–water partition coefficient (Wildman–Crippen LogP) is 2.93. The topological polar surface area (TPSA) is 32.8 Å². The Kier molecular flexibility index (Phi) is 4.53. The Hall–Kier alpha value is -1.42. The SMILES string of the molecule is CCOC(=O)N1CCN(c2cc(Cl)ccc2C)CC1. The van der Waals surface area contributed by atoms with Crippen LogP contribution in [0.5, 0.6) is 0 Å². The van der Waals surface area contributed by atoms with E-state index < -0.39 is 0 Å². The van der Waals surface area contributed by atoms with Gasteiger partial charge in [0.05, 0.1) is 6.61 Å². The number of amides is 1. The van der Waals surface area contributed by atoms with Gasteiger partial charge in [0, 0.05) is 36.9 Å². The second kappa shape index (κ2) is 6.15. The van der Waals surface area contributed by atoms with Crippen LogP contribution in [0.4, 0.5) is 10.5 Å². The zero-order valence-corrected chi connectivity index (χ0v) is 12.1. The molecule has 1 aromatic rings. The summed E-state index contributed by atoms with van der Waals surface area (Å²) in [6, 6.07) is 5.90. The predicted molar refractivity (Wildman–Crippen MR) is 77.0 cm³/mol. The number of ether oxygens (including phenoxy) is 1. The lowest BCUT2D eigenvalue weighted by atomic mass is 10.1. The van der Waals surface area contributed by atoms with E-state index in [1.807, 2.05) is 25.1 Å². The van der Waals surface area contributed by atoms with Crippen LogP contribution in [-0.2, 0) is 4.74 Å². The van der Waals surface area contributed by atoms with Gasteiger partial charge in [-0.2, -0.15) is 0 Å². The molecule has 1 fully saturated rings. The number of carbonyl (C=O) groups excluding carboxylic acids is 1. The Morgan fingerprint density at radius 3 is 2.63 bits per heavy atom. The van der Waals surface area contributed by atoms with E-state index in [1.165, 1.54) is 5.56 Å². The average Bonchev–Trinajstić information content (AvgIpc) is 2.42. The standard InChI is InChI=1S/C14H19ClN2O2/c1-3-19-14(18)17-8-6-16(7-9-17)13-10-12(15)5-4-11(13)2/h4-5,10H,3,6-9H2,1-2H3. The lowest BCUT2D eigenvalue weighted by molar-refractivity contribution is 0.105. The van der Waals surface area contributed by atoms with Gasteiger partial charge in [0.25, 0.3) is 0 Å². The van der Waals surface area contributed by atoms with Gasteiger partial charge in [-0.25, -0.2) is 4.79 Å². The molecule has 1 aliphatic rings. The number of piperazine rings is 1. The van der Waals surface area contributed by atoms with Crippen molar-refractivity contribution in [2.24, 2.45) is 0 Å². The van der Waals surface area contributed by atoms with Crippen molar-refractivity contribution in [2.45, 2.75) is 13.8 Å². The van der Waals surface area contributed by atoms with Crippen LogP contribution in [0.15, 0.2) is 18.2 Å². The Labute approximate surface area is 118 Å². The van der Waals surface area contributed by atoms with Crippen molar-refractivity contribution < 1.29 is 9.53 Å². The summed E-state index contributed by atoms with van der Waals surface area (Å²) < 4.78 is 5.01. The Balaban J connectivity index is 2.00. The summed E-state index contributed by atoms with van der Waals surface area (Å²) >= 11 is 6.05. The van der Waals surface area contributed by atoms with Crippen LogP contribution in [0.25, 0.3) is 0 Å². The first kappa shape index (κ1) is 14.0. The van der Waals surface area contributed by atoms with Crippen LogP contribution in [0, 0.1) is 6.92 Å². The molecule has 4 nitrogen and oxygen atoms in total. The summed E-state index contributed by atoms with van der Waals surface area (Å²) in [4.78, 5) is 15.6. The number of aryl methyl sites for hydroxylation is 1. The van der Waals surface area contributed by atoms with Crippen molar-refractivity contribution in [3.8, 4) is 0 Å². The zero-order chi connectivity index (χ0) is 13.8. The summed E-state index contributed by atoms with van der Waals surface area (Å²) in [5.41, 5.74) is 2.35. The van der Waals surface area contributed by atoms with Gasteiger partial charge >= 0.3 is 6.09 Å². The van der Waals surface area contributed by atoms with E-state index >= 15 is 0 Å². The number of halogens is 1. The van der Waals surface area contributed by atoms with Gasteiger partial charge in [-0.1, -0.05) is 17.7 Å². The second-order valence-corrected chi connectivity index (χ2v) is 5.04. The van der Waals surface area contributed by atoms with Crippen LogP contribution >= 0.6 is 11.6 Å². The molecule has 104 valence electrons. The molecule has 0 aromatic heterocycles. The average molecular weight is 283 g/mol. The smallest absolute Gasteiger partial charge is 0.409 e. The minimum atomic E-state index is -0.218. The van der Waals surface area contributed by atoms with E-state index in [9.17, 15) is 4.79 Å². The Morgan fingerprint density at radius 1 is 1.32 bits per heavy atom. The third kappa shape index (κ3) is 3.32. The van der Waals surface area contributed by atoms with Crippen molar-refractivity contribution in [1.29, 1.82) is 0 Å². The third-order valence-corrected chi connectivity index (χ3v) is 3.55. The Morgan fingerprint density at radius 2 is 2.00 bits per heavy atom. The van der Waals surface area contributed by atoms with Crippen LogP contribution in [0.1, 0.15) is 12.5 Å². The maximum Gasteiger partial charge on any atom is 0.409 e.